The fourth-order valence-corrected chi connectivity index (χ4v) is 3.96. The molecule has 0 fully saturated rings. The molecule has 0 bridgehead atoms. The number of hydrogen-bond donors (Lipinski definition) is 1. The van der Waals surface area contributed by atoms with E-state index in [2.05, 4.69) is 54.7 Å². The predicted octanol–water partition coefficient (Wildman–Crippen LogP) is 4.33. The molecule has 1 aliphatic rings. The molecule has 1 N–H and O–H groups in total. The molecule has 0 saturated carbocycles. The topological polar surface area (TPSA) is 21.3 Å². The third kappa shape index (κ3) is 3.25. The first-order valence-corrected chi connectivity index (χ1v) is 8.35. The molecule has 2 aromatic carbocycles. The van der Waals surface area contributed by atoms with Gasteiger partial charge in [0.1, 0.15) is 5.75 Å². The lowest BCUT2D eigenvalue weighted by Gasteiger charge is -2.26. The van der Waals surface area contributed by atoms with Crippen LogP contribution < -0.4 is 10.1 Å². The third-order valence-electron chi connectivity index (χ3n) is 3.93. The van der Waals surface area contributed by atoms with Crippen molar-refractivity contribution in [3.8, 4) is 5.75 Å². The van der Waals surface area contributed by atoms with E-state index >= 15 is 0 Å². The van der Waals surface area contributed by atoms with Crippen LogP contribution >= 0.6 is 11.8 Å². The summed E-state index contributed by atoms with van der Waals surface area (Å²) < 4.78 is 5.47. The van der Waals surface area contributed by atoms with Crippen molar-refractivity contribution in [2.75, 3.05) is 12.9 Å². The van der Waals surface area contributed by atoms with Crippen LogP contribution in [0.3, 0.4) is 0 Å². The van der Waals surface area contributed by atoms with Crippen LogP contribution in [-0.2, 0) is 6.54 Å². The zero-order valence-corrected chi connectivity index (χ0v) is 13.4. The van der Waals surface area contributed by atoms with Gasteiger partial charge in [0, 0.05) is 23.0 Å². The molecule has 0 aromatic heterocycles. The van der Waals surface area contributed by atoms with Crippen molar-refractivity contribution in [3.63, 3.8) is 0 Å². The van der Waals surface area contributed by atoms with Crippen molar-refractivity contribution in [2.45, 2.75) is 30.8 Å². The van der Waals surface area contributed by atoms with E-state index in [1.807, 2.05) is 11.8 Å². The van der Waals surface area contributed by atoms with E-state index in [-0.39, 0.29) is 0 Å². The number of nitrogens with one attached hydrogen (secondary N) is 1. The molecule has 1 aliphatic heterocycles. The zero-order chi connectivity index (χ0) is 14.7. The first-order valence-electron chi connectivity index (χ1n) is 7.36. The second kappa shape index (κ2) is 6.54. The van der Waals surface area contributed by atoms with Crippen molar-refractivity contribution >= 4 is 11.8 Å². The summed E-state index contributed by atoms with van der Waals surface area (Å²) in [6.07, 6.45) is 1.18. The number of aryl methyl sites for hydroxylation is 1. The lowest BCUT2D eigenvalue weighted by Crippen LogP contribution is -2.24. The number of ether oxygens (including phenoxy) is 1. The van der Waals surface area contributed by atoms with E-state index < -0.39 is 0 Å². The Kier molecular flexibility index (Phi) is 4.51. The molecular weight excluding hydrogens is 278 g/mol. The Balaban J connectivity index is 1.76. The van der Waals surface area contributed by atoms with Crippen LogP contribution in [0.2, 0.25) is 0 Å². The first kappa shape index (κ1) is 14.5. The lowest BCUT2D eigenvalue weighted by atomic mass is 10.0. The van der Waals surface area contributed by atoms with E-state index in [1.165, 1.54) is 33.8 Å². The number of hydrogen-bond acceptors (Lipinski definition) is 3. The Morgan fingerprint density at radius 1 is 1.24 bits per heavy atom. The number of methoxy groups -OCH3 is 1. The van der Waals surface area contributed by atoms with Crippen LogP contribution in [0.1, 0.15) is 29.2 Å². The fraction of sp³-hybridized carbons (Fsp3) is 0.333. The Labute approximate surface area is 130 Å². The van der Waals surface area contributed by atoms with Crippen molar-refractivity contribution in [3.05, 3.63) is 59.2 Å². The summed E-state index contributed by atoms with van der Waals surface area (Å²) in [5.74, 6) is 2.14. The average Bonchev–Trinajstić information content (AvgIpc) is 2.53. The zero-order valence-electron chi connectivity index (χ0n) is 12.6. The van der Waals surface area contributed by atoms with Gasteiger partial charge in [0.15, 0.2) is 0 Å². The highest BCUT2D eigenvalue weighted by Crippen LogP contribution is 2.36. The summed E-state index contributed by atoms with van der Waals surface area (Å²) >= 11 is 1.96. The fourth-order valence-electron chi connectivity index (χ4n) is 2.83. The number of benzene rings is 2. The molecule has 0 aliphatic carbocycles. The van der Waals surface area contributed by atoms with E-state index in [1.54, 1.807) is 7.11 Å². The normalized spacial score (nSPS) is 17.3. The first-order chi connectivity index (χ1) is 10.3. The molecule has 0 saturated heterocycles. The highest BCUT2D eigenvalue weighted by atomic mass is 32.2. The molecule has 0 amide bonds. The highest BCUT2D eigenvalue weighted by Gasteiger charge is 2.20. The predicted molar refractivity (Wildman–Crippen MR) is 89.1 cm³/mol. The minimum atomic E-state index is 0.438. The maximum atomic E-state index is 5.47. The Bertz CT molecular complexity index is 626. The van der Waals surface area contributed by atoms with Crippen molar-refractivity contribution in [2.24, 2.45) is 0 Å². The molecule has 1 atom stereocenters. The largest absolute Gasteiger partial charge is 0.496 e. The van der Waals surface area contributed by atoms with Gasteiger partial charge in [-0.2, -0.15) is 0 Å². The van der Waals surface area contributed by atoms with Crippen LogP contribution in [0.25, 0.3) is 0 Å². The Morgan fingerprint density at radius 3 is 2.95 bits per heavy atom. The van der Waals surface area contributed by atoms with Crippen LogP contribution in [0.4, 0.5) is 0 Å². The Morgan fingerprint density at radius 2 is 2.10 bits per heavy atom. The maximum absolute atomic E-state index is 5.47. The monoisotopic (exact) mass is 299 g/mol. The summed E-state index contributed by atoms with van der Waals surface area (Å²) in [7, 11) is 1.74. The van der Waals surface area contributed by atoms with Gasteiger partial charge >= 0.3 is 0 Å². The SMILES string of the molecule is COc1ccc(C)cc1CNC1CCSc2ccccc21. The van der Waals surface area contributed by atoms with Crippen molar-refractivity contribution in [1.29, 1.82) is 0 Å². The van der Waals surface area contributed by atoms with Gasteiger partial charge in [-0.25, -0.2) is 0 Å². The van der Waals surface area contributed by atoms with Gasteiger partial charge in [0.25, 0.3) is 0 Å². The van der Waals surface area contributed by atoms with Gasteiger partial charge in [0.05, 0.1) is 7.11 Å². The molecule has 2 nitrogen and oxygen atoms in total. The van der Waals surface area contributed by atoms with Gasteiger partial charge < -0.3 is 10.1 Å². The molecule has 2 aromatic rings. The Hall–Kier alpha value is -1.45. The average molecular weight is 299 g/mol. The summed E-state index contributed by atoms with van der Waals surface area (Å²) in [4.78, 5) is 1.41. The summed E-state index contributed by atoms with van der Waals surface area (Å²) in [5, 5.41) is 3.70. The third-order valence-corrected chi connectivity index (χ3v) is 5.06. The minimum Gasteiger partial charge on any atom is -0.496 e. The second-order valence-electron chi connectivity index (χ2n) is 5.42. The van der Waals surface area contributed by atoms with Crippen LogP contribution in [0.15, 0.2) is 47.4 Å². The van der Waals surface area contributed by atoms with Crippen molar-refractivity contribution < 1.29 is 4.74 Å². The van der Waals surface area contributed by atoms with E-state index in [0.29, 0.717) is 6.04 Å². The van der Waals surface area contributed by atoms with Gasteiger partial charge in [-0.1, -0.05) is 35.9 Å². The molecular formula is C18H21NOS. The van der Waals surface area contributed by atoms with E-state index in [0.717, 1.165) is 12.3 Å². The maximum Gasteiger partial charge on any atom is 0.123 e. The molecule has 21 heavy (non-hydrogen) atoms. The number of rotatable bonds is 4. The smallest absolute Gasteiger partial charge is 0.123 e. The van der Waals surface area contributed by atoms with Gasteiger partial charge in [-0.05, 0) is 36.8 Å². The molecule has 0 radical (unpaired) electrons. The summed E-state index contributed by atoms with van der Waals surface area (Å²) in [5.41, 5.74) is 3.93. The molecule has 1 unspecified atom stereocenters. The van der Waals surface area contributed by atoms with E-state index in [9.17, 15) is 0 Å². The van der Waals surface area contributed by atoms with E-state index in [4.69, 9.17) is 4.74 Å². The highest BCUT2D eigenvalue weighted by molar-refractivity contribution is 7.99. The molecule has 110 valence electrons. The van der Waals surface area contributed by atoms with Crippen LogP contribution in [0, 0.1) is 6.92 Å². The summed E-state index contributed by atoms with van der Waals surface area (Å²) in [6, 6.07) is 15.5. The number of fused-ring (bicyclic) bond motifs is 1. The van der Waals surface area contributed by atoms with Gasteiger partial charge in [-0.3, -0.25) is 0 Å². The van der Waals surface area contributed by atoms with Crippen LogP contribution in [0.5, 0.6) is 5.75 Å². The molecule has 3 heteroatoms. The summed E-state index contributed by atoms with van der Waals surface area (Å²) in [6.45, 7) is 2.96. The molecule has 3 rings (SSSR count). The van der Waals surface area contributed by atoms with Crippen LogP contribution in [-0.4, -0.2) is 12.9 Å². The van der Waals surface area contributed by atoms with Crippen molar-refractivity contribution in [1.82, 2.24) is 5.32 Å². The minimum absolute atomic E-state index is 0.438. The van der Waals surface area contributed by atoms with Gasteiger partial charge in [0.2, 0.25) is 0 Å². The molecule has 1 heterocycles. The quantitative estimate of drug-likeness (QED) is 0.908. The second-order valence-corrected chi connectivity index (χ2v) is 6.56. The molecule has 0 spiro atoms. The standard InChI is InChI=1S/C18H21NOS/c1-13-7-8-17(20-2)14(11-13)12-19-16-9-10-21-18-6-4-3-5-15(16)18/h3-8,11,16,19H,9-10,12H2,1-2H3. The lowest BCUT2D eigenvalue weighted by molar-refractivity contribution is 0.404. The van der Waals surface area contributed by atoms with Gasteiger partial charge in [-0.15, -0.1) is 11.8 Å². The number of thioether (sulfide) groups is 1.